The van der Waals surface area contributed by atoms with Crippen molar-refractivity contribution < 1.29 is 19.1 Å². The Bertz CT molecular complexity index is 473. The molecule has 0 unspecified atom stereocenters. The Morgan fingerprint density at radius 3 is 2.71 bits per heavy atom. The number of nitrogens with zero attached hydrogens (tertiary/aromatic N) is 1. The fourth-order valence-corrected chi connectivity index (χ4v) is 1.80. The summed E-state index contributed by atoms with van der Waals surface area (Å²) in [6.07, 6.45) is 0.960. The molecule has 5 nitrogen and oxygen atoms in total. The molecule has 21 heavy (non-hydrogen) atoms. The molecule has 0 radical (unpaired) electrons. The second-order valence-corrected chi connectivity index (χ2v) is 4.82. The first kappa shape index (κ1) is 17.0. The van der Waals surface area contributed by atoms with Gasteiger partial charge < -0.3 is 14.4 Å². The van der Waals surface area contributed by atoms with Crippen LogP contribution in [0, 0.1) is 6.92 Å². The highest BCUT2D eigenvalue weighted by Gasteiger charge is 2.13. The summed E-state index contributed by atoms with van der Waals surface area (Å²) in [5.74, 6) is 0.336. The minimum absolute atomic E-state index is 0.00852. The van der Waals surface area contributed by atoms with Gasteiger partial charge >= 0.3 is 5.97 Å². The molecule has 0 aromatic heterocycles. The molecule has 0 saturated heterocycles. The molecule has 5 heteroatoms. The number of aryl methyl sites for hydroxylation is 1. The molecule has 0 aliphatic rings. The summed E-state index contributed by atoms with van der Waals surface area (Å²) in [7, 11) is 1.60. The molecule has 1 aromatic rings. The number of benzene rings is 1. The van der Waals surface area contributed by atoms with Gasteiger partial charge in [0.25, 0.3) is 0 Å². The second-order valence-electron chi connectivity index (χ2n) is 4.82. The quantitative estimate of drug-likeness (QED) is 0.544. The molecule has 0 aliphatic carbocycles. The van der Waals surface area contributed by atoms with Gasteiger partial charge in [-0.2, -0.15) is 0 Å². The van der Waals surface area contributed by atoms with Gasteiger partial charge in [-0.15, -0.1) is 0 Å². The van der Waals surface area contributed by atoms with Crippen molar-refractivity contribution in [1.82, 2.24) is 4.90 Å². The minimum atomic E-state index is -0.385. The highest BCUT2D eigenvalue weighted by atomic mass is 16.5. The third-order valence-corrected chi connectivity index (χ3v) is 2.89. The van der Waals surface area contributed by atoms with E-state index in [-0.39, 0.29) is 18.4 Å². The van der Waals surface area contributed by atoms with Gasteiger partial charge in [0, 0.05) is 13.5 Å². The Balaban J connectivity index is 2.22. The Kier molecular flexibility index (Phi) is 7.29. The molecule has 0 spiro atoms. The van der Waals surface area contributed by atoms with Gasteiger partial charge in [-0.05, 0) is 38.0 Å². The molecule has 0 heterocycles. The van der Waals surface area contributed by atoms with E-state index in [0.29, 0.717) is 26.1 Å². The Morgan fingerprint density at radius 2 is 2.05 bits per heavy atom. The van der Waals surface area contributed by atoms with Crippen molar-refractivity contribution in [3.63, 3.8) is 0 Å². The smallest absolute Gasteiger partial charge is 0.325 e. The lowest BCUT2D eigenvalue weighted by Crippen LogP contribution is -2.33. The zero-order valence-corrected chi connectivity index (χ0v) is 12.9. The predicted molar refractivity (Wildman–Crippen MR) is 80.2 cm³/mol. The van der Waals surface area contributed by atoms with Gasteiger partial charge in [-0.1, -0.05) is 12.1 Å². The average molecular weight is 293 g/mol. The van der Waals surface area contributed by atoms with E-state index in [9.17, 15) is 9.59 Å². The summed E-state index contributed by atoms with van der Waals surface area (Å²) in [6.45, 7) is 4.53. The van der Waals surface area contributed by atoms with Crippen molar-refractivity contribution in [2.24, 2.45) is 0 Å². The maximum Gasteiger partial charge on any atom is 0.325 e. The van der Waals surface area contributed by atoms with Crippen LogP contribution in [0.1, 0.15) is 25.3 Å². The molecule has 1 amide bonds. The molecule has 0 bridgehead atoms. The molecule has 0 aliphatic heterocycles. The van der Waals surface area contributed by atoms with Crippen LogP contribution in [-0.2, 0) is 14.3 Å². The lowest BCUT2D eigenvalue weighted by molar-refractivity contribution is -0.148. The lowest BCUT2D eigenvalue weighted by atomic mass is 10.2. The Labute approximate surface area is 125 Å². The SMILES string of the molecule is CCOC(=O)CN(C)C(=O)CCCOc1cccc(C)c1. The van der Waals surface area contributed by atoms with Gasteiger partial charge in [-0.25, -0.2) is 0 Å². The second kappa shape index (κ2) is 9.00. The molecular weight excluding hydrogens is 270 g/mol. The number of hydrogen-bond acceptors (Lipinski definition) is 4. The summed E-state index contributed by atoms with van der Waals surface area (Å²) < 4.78 is 10.4. The van der Waals surface area contributed by atoms with Crippen LogP contribution in [0.25, 0.3) is 0 Å². The fraction of sp³-hybridized carbons (Fsp3) is 0.500. The third-order valence-electron chi connectivity index (χ3n) is 2.89. The van der Waals surface area contributed by atoms with Gasteiger partial charge in [0.1, 0.15) is 12.3 Å². The topological polar surface area (TPSA) is 55.8 Å². The predicted octanol–water partition coefficient (Wildman–Crippen LogP) is 2.18. The molecule has 116 valence electrons. The molecule has 0 fully saturated rings. The van der Waals surface area contributed by atoms with Gasteiger partial charge in [0.2, 0.25) is 5.91 Å². The maximum atomic E-state index is 11.8. The average Bonchev–Trinajstić information content (AvgIpc) is 2.43. The van der Waals surface area contributed by atoms with E-state index in [1.54, 1.807) is 14.0 Å². The van der Waals surface area contributed by atoms with Crippen molar-refractivity contribution in [3.8, 4) is 5.75 Å². The minimum Gasteiger partial charge on any atom is -0.494 e. The normalized spacial score (nSPS) is 10.0. The largest absolute Gasteiger partial charge is 0.494 e. The first-order chi connectivity index (χ1) is 10.0. The summed E-state index contributed by atoms with van der Waals surface area (Å²) in [6, 6.07) is 7.78. The summed E-state index contributed by atoms with van der Waals surface area (Å²) in [5, 5.41) is 0. The first-order valence-corrected chi connectivity index (χ1v) is 7.12. The van der Waals surface area contributed by atoms with Crippen LogP contribution in [0.4, 0.5) is 0 Å². The van der Waals surface area contributed by atoms with Gasteiger partial charge in [0.15, 0.2) is 0 Å². The lowest BCUT2D eigenvalue weighted by Gasteiger charge is -2.16. The van der Waals surface area contributed by atoms with E-state index in [1.165, 1.54) is 4.90 Å². The Morgan fingerprint density at radius 1 is 1.29 bits per heavy atom. The van der Waals surface area contributed by atoms with E-state index in [0.717, 1.165) is 11.3 Å². The van der Waals surface area contributed by atoms with Crippen LogP contribution in [0.5, 0.6) is 5.75 Å². The van der Waals surface area contributed by atoms with Crippen LogP contribution < -0.4 is 4.74 Å². The van der Waals surface area contributed by atoms with Crippen LogP contribution in [0.15, 0.2) is 24.3 Å². The monoisotopic (exact) mass is 293 g/mol. The number of rotatable bonds is 8. The van der Waals surface area contributed by atoms with Crippen molar-refractivity contribution in [2.75, 3.05) is 26.8 Å². The standard InChI is InChI=1S/C16H23NO4/c1-4-20-16(19)12-17(3)15(18)9-6-10-21-14-8-5-7-13(2)11-14/h5,7-8,11H,4,6,9-10,12H2,1-3H3. The van der Waals surface area contributed by atoms with Crippen molar-refractivity contribution in [3.05, 3.63) is 29.8 Å². The number of carbonyl (C=O) groups is 2. The van der Waals surface area contributed by atoms with Crippen molar-refractivity contribution in [1.29, 1.82) is 0 Å². The molecule has 1 rings (SSSR count). The van der Waals surface area contributed by atoms with E-state index in [2.05, 4.69) is 0 Å². The molecule has 0 saturated carbocycles. The number of hydrogen-bond donors (Lipinski definition) is 0. The van der Waals surface area contributed by atoms with E-state index in [4.69, 9.17) is 9.47 Å². The molecule has 1 aromatic carbocycles. The first-order valence-electron chi connectivity index (χ1n) is 7.12. The van der Waals surface area contributed by atoms with E-state index < -0.39 is 0 Å². The number of likely N-dealkylation sites (N-methyl/N-ethyl adjacent to an activating group) is 1. The van der Waals surface area contributed by atoms with Crippen LogP contribution >= 0.6 is 0 Å². The zero-order chi connectivity index (χ0) is 15.7. The summed E-state index contributed by atoms with van der Waals surface area (Å²) in [4.78, 5) is 24.5. The number of ether oxygens (including phenoxy) is 2. The molecular formula is C16H23NO4. The molecule has 0 N–H and O–H groups in total. The molecule has 0 atom stereocenters. The number of amides is 1. The van der Waals surface area contributed by atoms with Crippen LogP contribution in [0.2, 0.25) is 0 Å². The highest BCUT2D eigenvalue weighted by Crippen LogP contribution is 2.12. The number of esters is 1. The van der Waals surface area contributed by atoms with E-state index in [1.807, 2.05) is 31.2 Å². The zero-order valence-electron chi connectivity index (χ0n) is 12.9. The third kappa shape index (κ3) is 6.79. The van der Waals surface area contributed by atoms with E-state index >= 15 is 0 Å². The highest BCUT2D eigenvalue weighted by molar-refractivity contribution is 5.81. The van der Waals surface area contributed by atoms with Crippen molar-refractivity contribution in [2.45, 2.75) is 26.7 Å². The fourth-order valence-electron chi connectivity index (χ4n) is 1.80. The number of carbonyl (C=O) groups excluding carboxylic acids is 2. The van der Waals surface area contributed by atoms with Gasteiger partial charge in [0.05, 0.1) is 13.2 Å². The van der Waals surface area contributed by atoms with Crippen LogP contribution in [0.3, 0.4) is 0 Å². The van der Waals surface area contributed by atoms with Crippen molar-refractivity contribution >= 4 is 11.9 Å². The summed E-state index contributed by atoms with van der Waals surface area (Å²) >= 11 is 0. The van der Waals surface area contributed by atoms with Gasteiger partial charge in [-0.3, -0.25) is 9.59 Å². The Hall–Kier alpha value is -2.04. The maximum absolute atomic E-state index is 11.8. The van der Waals surface area contributed by atoms with Crippen LogP contribution in [-0.4, -0.2) is 43.6 Å². The summed E-state index contributed by atoms with van der Waals surface area (Å²) in [5.41, 5.74) is 1.14.